The molecule has 1 saturated carbocycles. The molecule has 0 aromatic carbocycles. The molecule has 19 heavy (non-hydrogen) atoms. The van der Waals surface area contributed by atoms with Crippen LogP contribution < -0.4 is 10.1 Å². The molecule has 0 unspecified atom stereocenters. The van der Waals surface area contributed by atoms with Crippen LogP contribution in [0.25, 0.3) is 0 Å². The maximum atomic E-state index is 12.1. The van der Waals surface area contributed by atoms with E-state index in [9.17, 15) is 9.90 Å². The standard InChI is InChI=1S/C14H20N2O3/c1-19-13-9-15-7-6-12(13)14(18)16-8-10-2-4-11(17)5-3-10/h6-7,9-11,17H,2-5,8H2,1H3,(H,16,18). The van der Waals surface area contributed by atoms with Crippen molar-refractivity contribution in [3.05, 3.63) is 24.0 Å². The molecule has 0 aliphatic heterocycles. The molecular weight excluding hydrogens is 244 g/mol. The van der Waals surface area contributed by atoms with Gasteiger partial charge in [-0.15, -0.1) is 0 Å². The number of aliphatic hydroxyl groups excluding tert-OH is 1. The number of aliphatic hydroxyl groups is 1. The topological polar surface area (TPSA) is 71.5 Å². The Balaban J connectivity index is 1.87. The van der Waals surface area contributed by atoms with Gasteiger partial charge in [-0.05, 0) is 37.7 Å². The van der Waals surface area contributed by atoms with Crippen LogP contribution in [-0.4, -0.2) is 35.8 Å². The maximum Gasteiger partial charge on any atom is 0.255 e. The molecule has 1 aromatic heterocycles. The summed E-state index contributed by atoms with van der Waals surface area (Å²) in [5.74, 6) is 0.810. The molecule has 0 saturated heterocycles. The normalized spacial score (nSPS) is 22.8. The van der Waals surface area contributed by atoms with Gasteiger partial charge < -0.3 is 15.2 Å². The molecule has 2 rings (SSSR count). The van der Waals surface area contributed by atoms with Crippen LogP contribution in [0.15, 0.2) is 18.5 Å². The molecular formula is C14H20N2O3. The summed E-state index contributed by atoms with van der Waals surface area (Å²) in [6, 6.07) is 1.65. The van der Waals surface area contributed by atoms with E-state index >= 15 is 0 Å². The van der Waals surface area contributed by atoms with Crippen molar-refractivity contribution in [2.45, 2.75) is 31.8 Å². The van der Waals surface area contributed by atoms with Crippen molar-refractivity contribution < 1.29 is 14.6 Å². The predicted octanol–water partition coefficient (Wildman–Crippen LogP) is 1.37. The quantitative estimate of drug-likeness (QED) is 0.861. The fourth-order valence-electron chi connectivity index (χ4n) is 2.41. The number of ether oxygens (including phenoxy) is 1. The Kier molecular flexibility index (Phi) is 4.74. The molecule has 1 heterocycles. The Bertz CT molecular complexity index is 428. The van der Waals surface area contributed by atoms with Gasteiger partial charge in [0.15, 0.2) is 0 Å². The minimum Gasteiger partial charge on any atom is -0.494 e. The summed E-state index contributed by atoms with van der Waals surface area (Å²) >= 11 is 0. The summed E-state index contributed by atoms with van der Waals surface area (Å²) in [7, 11) is 1.52. The molecule has 5 nitrogen and oxygen atoms in total. The molecule has 5 heteroatoms. The number of amides is 1. The molecule has 104 valence electrons. The molecule has 1 fully saturated rings. The van der Waals surface area contributed by atoms with Crippen LogP contribution in [0.4, 0.5) is 0 Å². The smallest absolute Gasteiger partial charge is 0.255 e. The summed E-state index contributed by atoms with van der Waals surface area (Å²) in [5, 5.41) is 12.4. The molecule has 1 aromatic rings. The highest BCUT2D eigenvalue weighted by Gasteiger charge is 2.20. The molecule has 0 bridgehead atoms. The van der Waals surface area contributed by atoms with Crippen LogP contribution in [-0.2, 0) is 0 Å². The zero-order valence-corrected chi connectivity index (χ0v) is 11.1. The predicted molar refractivity (Wildman–Crippen MR) is 71.1 cm³/mol. The second-order valence-corrected chi connectivity index (χ2v) is 4.96. The molecule has 0 spiro atoms. The summed E-state index contributed by atoms with van der Waals surface area (Å²) in [5.41, 5.74) is 0.508. The van der Waals surface area contributed by atoms with Gasteiger partial charge in [0, 0.05) is 12.7 Å². The maximum absolute atomic E-state index is 12.1. The second kappa shape index (κ2) is 6.52. The monoisotopic (exact) mass is 264 g/mol. The number of methoxy groups -OCH3 is 1. The third-order valence-corrected chi connectivity index (χ3v) is 3.62. The van der Waals surface area contributed by atoms with E-state index in [1.165, 1.54) is 13.3 Å². The van der Waals surface area contributed by atoms with Gasteiger partial charge in [-0.1, -0.05) is 0 Å². The number of nitrogens with zero attached hydrogens (tertiary/aromatic N) is 1. The van der Waals surface area contributed by atoms with Crippen molar-refractivity contribution in [1.29, 1.82) is 0 Å². The van der Waals surface area contributed by atoms with E-state index in [4.69, 9.17) is 4.74 Å². The Morgan fingerprint density at radius 2 is 2.21 bits per heavy atom. The van der Waals surface area contributed by atoms with Crippen LogP contribution in [0.3, 0.4) is 0 Å². The van der Waals surface area contributed by atoms with Crippen molar-refractivity contribution >= 4 is 5.91 Å². The fraction of sp³-hybridized carbons (Fsp3) is 0.571. The van der Waals surface area contributed by atoms with Crippen LogP contribution in [0.5, 0.6) is 5.75 Å². The molecule has 1 amide bonds. The van der Waals surface area contributed by atoms with Crippen LogP contribution in [0, 0.1) is 5.92 Å². The number of rotatable bonds is 4. The SMILES string of the molecule is COc1cnccc1C(=O)NCC1CCC(O)CC1. The average Bonchev–Trinajstić information content (AvgIpc) is 2.46. The van der Waals surface area contributed by atoms with E-state index in [1.807, 2.05) is 0 Å². The zero-order chi connectivity index (χ0) is 13.7. The summed E-state index contributed by atoms with van der Waals surface area (Å²) < 4.78 is 5.12. The number of hydrogen-bond donors (Lipinski definition) is 2. The van der Waals surface area contributed by atoms with Crippen molar-refractivity contribution in [2.75, 3.05) is 13.7 Å². The first-order valence-electron chi connectivity index (χ1n) is 6.65. The van der Waals surface area contributed by atoms with E-state index in [0.717, 1.165) is 25.7 Å². The van der Waals surface area contributed by atoms with E-state index in [2.05, 4.69) is 10.3 Å². The largest absolute Gasteiger partial charge is 0.494 e. The first-order valence-corrected chi connectivity index (χ1v) is 6.65. The number of pyridine rings is 1. The summed E-state index contributed by atoms with van der Waals surface area (Å²) in [6.45, 7) is 0.650. The third-order valence-electron chi connectivity index (χ3n) is 3.62. The number of nitrogens with one attached hydrogen (secondary N) is 1. The minimum atomic E-state index is -0.160. The average molecular weight is 264 g/mol. The van der Waals surface area contributed by atoms with Crippen molar-refractivity contribution in [2.24, 2.45) is 5.92 Å². The lowest BCUT2D eigenvalue weighted by Crippen LogP contribution is -2.32. The number of carbonyl (C=O) groups is 1. The van der Waals surface area contributed by atoms with E-state index < -0.39 is 0 Å². The highest BCUT2D eigenvalue weighted by atomic mass is 16.5. The van der Waals surface area contributed by atoms with Gasteiger partial charge in [0.05, 0.1) is 25.0 Å². The minimum absolute atomic E-state index is 0.134. The molecule has 2 N–H and O–H groups in total. The van der Waals surface area contributed by atoms with Gasteiger partial charge in [0.25, 0.3) is 5.91 Å². The Morgan fingerprint density at radius 3 is 2.89 bits per heavy atom. The van der Waals surface area contributed by atoms with Crippen molar-refractivity contribution in [3.8, 4) is 5.75 Å². The highest BCUT2D eigenvalue weighted by Crippen LogP contribution is 2.23. The van der Waals surface area contributed by atoms with Crippen molar-refractivity contribution in [3.63, 3.8) is 0 Å². The van der Waals surface area contributed by atoms with Gasteiger partial charge in [-0.3, -0.25) is 9.78 Å². The number of aromatic nitrogens is 1. The molecule has 1 aliphatic carbocycles. The number of carbonyl (C=O) groups excluding carboxylic acids is 1. The van der Waals surface area contributed by atoms with Gasteiger partial charge in [-0.2, -0.15) is 0 Å². The van der Waals surface area contributed by atoms with Crippen LogP contribution >= 0.6 is 0 Å². The van der Waals surface area contributed by atoms with Crippen molar-refractivity contribution in [1.82, 2.24) is 10.3 Å². The van der Waals surface area contributed by atoms with E-state index in [0.29, 0.717) is 23.8 Å². The highest BCUT2D eigenvalue weighted by molar-refractivity contribution is 5.96. The van der Waals surface area contributed by atoms with E-state index in [1.54, 1.807) is 12.3 Å². The Morgan fingerprint density at radius 1 is 1.47 bits per heavy atom. The van der Waals surface area contributed by atoms with Gasteiger partial charge in [0.2, 0.25) is 0 Å². The van der Waals surface area contributed by atoms with Crippen LogP contribution in [0.1, 0.15) is 36.0 Å². The number of hydrogen-bond acceptors (Lipinski definition) is 4. The van der Waals surface area contributed by atoms with Gasteiger partial charge in [-0.25, -0.2) is 0 Å². The third kappa shape index (κ3) is 3.67. The van der Waals surface area contributed by atoms with Gasteiger partial charge >= 0.3 is 0 Å². The lowest BCUT2D eigenvalue weighted by molar-refractivity contribution is 0.0907. The first-order chi connectivity index (χ1) is 9.20. The zero-order valence-electron chi connectivity index (χ0n) is 11.1. The molecule has 0 atom stereocenters. The van der Waals surface area contributed by atoms with E-state index in [-0.39, 0.29) is 12.0 Å². The van der Waals surface area contributed by atoms with Crippen LogP contribution in [0.2, 0.25) is 0 Å². The summed E-state index contributed by atoms with van der Waals surface area (Å²) in [4.78, 5) is 16.0. The summed E-state index contributed by atoms with van der Waals surface area (Å²) in [6.07, 6.45) is 6.55. The van der Waals surface area contributed by atoms with Gasteiger partial charge in [0.1, 0.15) is 5.75 Å². The Labute approximate surface area is 113 Å². The first kappa shape index (κ1) is 13.8. The lowest BCUT2D eigenvalue weighted by atomic mass is 9.87. The molecule has 0 radical (unpaired) electrons. The second-order valence-electron chi connectivity index (χ2n) is 4.96. The lowest BCUT2D eigenvalue weighted by Gasteiger charge is -2.25. The molecule has 1 aliphatic rings. The fourth-order valence-corrected chi connectivity index (χ4v) is 2.41. The Hall–Kier alpha value is -1.62.